The highest BCUT2D eigenvalue weighted by Crippen LogP contribution is 2.18. The summed E-state index contributed by atoms with van der Waals surface area (Å²) in [7, 11) is 6.20. The van der Waals surface area contributed by atoms with Crippen LogP contribution in [0.1, 0.15) is 6.42 Å². The lowest BCUT2D eigenvalue weighted by molar-refractivity contribution is 0.401. The Morgan fingerprint density at radius 1 is 1.06 bits per heavy atom. The van der Waals surface area contributed by atoms with Crippen LogP contribution in [0.15, 0.2) is 29.4 Å². The normalized spacial score (nSPS) is 10.5. The highest BCUT2D eigenvalue weighted by Gasteiger charge is 2.01. The predicted molar refractivity (Wildman–Crippen MR) is 68.3 cm³/mol. The molecule has 1 aromatic carbocycles. The standard InChI is InChI=1S/C12H19N3O/c1-14(2)9-4-10-15(3)12-7-5-11(13-16)6-8-12/h5-8H,4,9-10H2,1-3H3. The van der Waals surface area contributed by atoms with Crippen molar-refractivity contribution in [3.05, 3.63) is 29.2 Å². The Balaban J connectivity index is 2.46. The van der Waals surface area contributed by atoms with E-state index in [1.165, 1.54) is 0 Å². The third kappa shape index (κ3) is 3.98. The maximum absolute atomic E-state index is 10.3. The fourth-order valence-corrected chi connectivity index (χ4v) is 1.52. The third-order valence-electron chi connectivity index (χ3n) is 2.49. The molecule has 0 aliphatic carbocycles. The molecule has 4 nitrogen and oxygen atoms in total. The van der Waals surface area contributed by atoms with Crippen molar-refractivity contribution in [3.8, 4) is 0 Å². The quantitative estimate of drug-likeness (QED) is 0.692. The van der Waals surface area contributed by atoms with Gasteiger partial charge in [-0.3, -0.25) is 0 Å². The van der Waals surface area contributed by atoms with Crippen molar-refractivity contribution in [3.63, 3.8) is 0 Å². The third-order valence-corrected chi connectivity index (χ3v) is 2.49. The van der Waals surface area contributed by atoms with Crippen molar-refractivity contribution < 1.29 is 0 Å². The van der Waals surface area contributed by atoms with Gasteiger partial charge in [0, 0.05) is 19.3 Å². The lowest BCUT2D eigenvalue weighted by atomic mass is 10.2. The first-order chi connectivity index (χ1) is 7.63. The van der Waals surface area contributed by atoms with Gasteiger partial charge in [0.1, 0.15) is 5.69 Å². The van der Waals surface area contributed by atoms with Gasteiger partial charge in [-0.05, 0) is 56.5 Å². The Morgan fingerprint density at radius 2 is 1.69 bits per heavy atom. The van der Waals surface area contributed by atoms with Crippen LogP contribution in [0.4, 0.5) is 11.4 Å². The molecule has 0 atom stereocenters. The summed E-state index contributed by atoms with van der Waals surface area (Å²) in [5.74, 6) is 0. The summed E-state index contributed by atoms with van der Waals surface area (Å²) in [6.07, 6.45) is 1.12. The van der Waals surface area contributed by atoms with E-state index in [4.69, 9.17) is 0 Å². The summed E-state index contributed by atoms with van der Waals surface area (Å²) in [6.45, 7) is 2.09. The molecule has 0 aromatic heterocycles. The molecule has 0 N–H and O–H groups in total. The van der Waals surface area contributed by atoms with Crippen molar-refractivity contribution in [2.45, 2.75) is 6.42 Å². The molecule has 16 heavy (non-hydrogen) atoms. The molecule has 0 radical (unpaired) electrons. The summed E-state index contributed by atoms with van der Waals surface area (Å²) in [6, 6.07) is 7.33. The molecule has 0 unspecified atom stereocenters. The molecule has 0 saturated carbocycles. The number of rotatable bonds is 6. The average Bonchev–Trinajstić information content (AvgIpc) is 2.28. The van der Waals surface area contributed by atoms with Crippen LogP contribution in [-0.2, 0) is 0 Å². The van der Waals surface area contributed by atoms with Crippen LogP contribution < -0.4 is 4.90 Å². The van der Waals surface area contributed by atoms with E-state index in [1.54, 1.807) is 12.1 Å². The summed E-state index contributed by atoms with van der Waals surface area (Å²) >= 11 is 0. The van der Waals surface area contributed by atoms with E-state index in [0.717, 1.165) is 25.2 Å². The van der Waals surface area contributed by atoms with Crippen LogP contribution in [-0.4, -0.2) is 39.1 Å². The SMILES string of the molecule is CN(C)CCCN(C)c1ccc(N=O)cc1. The molecule has 0 amide bonds. The molecule has 1 aromatic rings. The summed E-state index contributed by atoms with van der Waals surface area (Å²) in [5, 5.41) is 2.88. The maximum Gasteiger partial charge on any atom is 0.108 e. The Hall–Kier alpha value is -1.42. The van der Waals surface area contributed by atoms with Gasteiger partial charge in [-0.25, -0.2) is 0 Å². The molecule has 1 rings (SSSR count). The number of hydrogen-bond acceptors (Lipinski definition) is 4. The van der Waals surface area contributed by atoms with Gasteiger partial charge in [0.2, 0.25) is 0 Å². The van der Waals surface area contributed by atoms with E-state index in [1.807, 2.05) is 12.1 Å². The fourth-order valence-electron chi connectivity index (χ4n) is 1.52. The van der Waals surface area contributed by atoms with Crippen LogP contribution in [0, 0.1) is 4.91 Å². The zero-order valence-electron chi connectivity index (χ0n) is 10.2. The van der Waals surface area contributed by atoms with Crippen LogP contribution in [0.5, 0.6) is 0 Å². The molecule has 0 saturated heterocycles. The smallest absolute Gasteiger partial charge is 0.108 e. The van der Waals surface area contributed by atoms with E-state index >= 15 is 0 Å². The van der Waals surface area contributed by atoms with Crippen LogP contribution in [0.2, 0.25) is 0 Å². The molecular weight excluding hydrogens is 202 g/mol. The van der Waals surface area contributed by atoms with Gasteiger partial charge in [-0.15, -0.1) is 4.91 Å². The number of nitroso groups, excluding NO2 is 1. The Labute approximate surface area is 96.8 Å². The van der Waals surface area contributed by atoms with Gasteiger partial charge in [-0.1, -0.05) is 0 Å². The first-order valence-electron chi connectivity index (χ1n) is 5.43. The van der Waals surface area contributed by atoms with Crippen molar-refractivity contribution in [2.24, 2.45) is 5.18 Å². The van der Waals surface area contributed by atoms with Crippen LogP contribution in [0.25, 0.3) is 0 Å². The second-order valence-electron chi connectivity index (χ2n) is 4.19. The van der Waals surface area contributed by atoms with Crippen LogP contribution >= 0.6 is 0 Å². The zero-order chi connectivity index (χ0) is 12.0. The topological polar surface area (TPSA) is 35.9 Å². The number of hydrogen-bond donors (Lipinski definition) is 0. The molecule has 0 fully saturated rings. The largest absolute Gasteiger partial charge is 0.375 e. The fraction of sp³-hybridized carbons (Fsp3) is 0.500. The molecule has 0 heterocycles. The van der Waals surface area contributed by atoms with E-state index in [0.29, 0.717) is 5.69 Å². The second-order valence-corrected chi connectivity index (χ2v) is 4.19. The molecule has 0 aliphatic rings. The Morgan fingerprint density at radius 3 is 2.19 bits per heavy atom. The van der Waals surface area contributed by atoms with Gasteiger partial charge in [-0.2, -0.15) is 0 Å². The Kier molecular flexibility index (Phi) is 4.92. The maximum atomic E-state index is 10.3. The lowest BCUT2D eigenvalue weighted by Gasteiger charge is -2.20. The predicted octanol–water partition coefficient (Wildman–Crippen LogP) is 2.47. The zero-order valence-corrected chi connectivity index (χ0v) is 10.2. The van der Waals surface area contributed by atoms with Gasteiger partial charge < -0.3 is 9.80 Å². The van der Waals surface area contributed by atoms with Gasteiger partial charge in [0.25, 0.3) is 0 Å². The van der Waals surface area contributed by atoms with Crippen molar-refractivity contribution in [1.29, 1.82) is 0 Å². The summed E-state index contributed by atoms with van der Waals surface area (Å²) in [5.41, 5.74) is 1.59. The highest BCUT2D eigenvalue weighted by atomic mass is 16.3. The van der Waals surface area contributed by atoms with E-state index < -0.39 is 0 Å². The van der Waals surface area contributed by atoms with Gasteiger partial charge >= 0.3 is 0 Å². The van der Waals surface area contributed by atoms with E-state index in [9.17, 15) is 4.91 Å². The first kappa shape index (κ1) is 12.6. The number of nitrogens with zero attached hydrogens (tertiary/aromatic N) is 3. The highest BCUT2D eigenvalue weighted by molar-refractivity contribution is 5.52. The minimum Gasteiger partial charge on any atom is -0.375 e. The molecule has 0 bridgehead atoms. The second kappa shape index (κ2) is 6.23. The van der Waals surface area contributed by atoms with E-state index in [2.05, 4.69) is 36.1 Å². The number of benzene rings is 1. The van der Waals surface area contributed by atoms with Crippen molar-refractivity contribution in [2.75, 3.05) is 39.1 Å². The first-order valence-corrected chi connectivity index (χ1v) is 5.43. The van der Waals surface area contributed by atoms with E-state index in [-0.39, 0.29) is 0 Å². The summed E-state index contributed by atoms with van der Waals surface area (Å²) in [4.78, 5) is 14.6. The molecule has 0 spiro atoms. The minimum atomic E-state index is 0.477. The molecule has 4 heteroatoms. The average molecular weight is 221 g/mol. The van der Waals surface area contributed by atoms with Gasteiger partial charge in [0.05, 0.1) is 0 Å². The van der Waals surface area contributed by atoms with Crippen LogP contribution in [0.3, 0.4) is 0 Å². The number of anilines is 1. The van der Waals surface area contributed by atoms with Crippen molar-refractivity contribution in [1.82, 2.24) is 4.90 Å². The summed E-state index contributed by atoms with van der Waals surface area (Å²) < 4.78 is 0. The monoisotopic (exact) mass is 221 g/mol. The minimum absolute atomic E-state index is 0.477. The lowest BCUT2D eigenvalue weighted by Crippen LogP contribution is -2.23. The van der Waals surface area contributed by atoms with Gasteiger partial charge in [0.15, 0.2) is 0 Å². The Bertz CT molecular complexity index is 322. The van der Waals surface area contributed by atoms with Crippen molar-refractivity contribution >= 4 is 11.4 Å². The molecule has 88 valence electrons. The molecular formula is C12H19N3O. The molecule has 0 aliphatic heterocycles.